The van der Waals surface area contributed by atoms with Gasteiger partial charge in [-0.2, -0.15) is 5.10 Å². The van der Waals surface area contributed by atoms with E-state index < -0.39 is 5.97 Å². The smallest absolute Gasteiger partial charge is 0.373 e. The predicted octanol–water partition coefficient (Wildman–Crippen LogP) is 1.19. The van der Waals surface area contributed by atoms with Gasteiger partial charge in [0, 0.05) is 11.6 Å². The fraction of sp³-hybridized carbons (Fsp3) is 0.182. The number of hydrogen-bond acceptors (Lipinski definition) is 5. The first-order valence-corrected chi connectivity index (χ1v) is 5.03. The highest BCUT2D eigenvalue weighted by Gasteiger charge is 2.13. The lowest BCUT2D eigenvalue weighted by Gasteiger charge is -2.05. The van der Waals surface area contributed by atoms with Gasteiger partial charge in [0.25, 0.3) is 0 Å². The normalized spacial score (nSPS) is 10.1. The monoisotopic (exact) mass is 249 g/mol. The standard InChI is InChI=1S/C11H11N3O4/c1-17-7-3-6(4-8(5-7)18-2)9-12-10(11(15)16)14-13-9/h3-5H,1-2H3,(H,15,16)(H,12,13,14). The molecule has 0 saturated heterocycles. The van der Waals surface area contributed by atoms with Gasteiger partial charge >= 0.3 is 5.97 Å². The van der Waals surface area contributed by atoms with Crippen LogP contribution < -0.4 is 9.47 Å². The maximum absolute atomic E-state index is 10.7. The van der Waals surface area contributed by atoms with Crippen molar-refractivity contribution in [2.45, 2.75) is 0 Å². The third kappa shape index (κ3) is 2.24. The molecule has 0 aliphatic carbocycles. The van der Waals surface area contributed by atoms with Gasteiger partial charge in [0.2, 0.25) is 5.82 Å². The molecular weight excluding hydrogens is 238 g/mol. The Kier molecular flexibility index (Phi) is 3.13. The molecule has 0 amide bonds. The zero-order valence-electron chi connectivity index (χ0n) is 9.80. The summed E-state index contributed by atoms with van der Waals surface area (Å²) < 4.78 is 10.2. The summed E-state index contributed by atoms with van der Waals surface area (Å²) in [4.78, 5) is 14.6. The SMILES string of the molecule is COc1cc(OC)cc(-c2n[nH]c(C(=O)O)n2)c1. The number of aromatic amines is 1. The highest BCUT2D eigenvalue weighted by atomic mass is 16.5. The van der Waals surface area contributed by atoms with Crippen LogP contribution in [0.4, 0.5) is 0 Å². The summed E-state index contributed by atoms with van der Waals surface area (Å²) in [5.41, 5.74) is 0.606. The van der Waals surface area contributed by atoms with E-state index in [1.54, 1.807) is 18.2 Å². The number of ether oxygens (including phenoxy) is 2. The van der Waals surface area contributed by atoms with E-state index in [9.17, 15) is 4.79 Å². The number of aromatic carboxylic acids is 1. The Labute approximate surface area is 102 Å². The fourth-order valence-electron chi connectivity index (χ4n) is 1.42. The molecule has 0 bridgehead atoms. The summed E-state index contributed by atoms with van der Waals surface area (Å²) >= 11 is 0. The number of H-pyrrole nitrogens is 1. The molecule has 18 heavy (non-hydrogen) atoms. The first-order chi connectivity index (χ1) is 8.63. The van der Waals surface area contributed by atoms with Gasteiger partial charge in [-0.05, 0) is 12.1 Å². The van der Waals surface area contributed by atoms with Crippen molar-refractivity contribution in [2.24, 2.45) is 0 Å². The Morgan fingerprint density at radius 2 is 1.83 bits per heavy atom. The lowest BCUT2D eigenvalue weighted by Crippen LogP contribution is -1.98. The number of rotatable bonds is 4. The minimum Gasteiger partial charge on any atom is -0.497 e. The predicted molar refractivity (Wildman–Crippen MR) is 61.9 cm³/mol. The fourth-order valence-corrected chi connectivity index (χ4v) is 1.42. The van der Waals surface area contributed by atoms with Crippen molar-refractivity contribution in [1.29, 1.82) is 0 Å². The van der Waals surface area contributed by atoms with Crippen molar-refractivity contribution in [3.8, 4) is 22.9 Å². The van der Waals surface area contributed by atoms with E-state index in [0.29, 0.717) is 17.1 Å². The molecule has 0 aliphatic rings. The number of benzene rings is 1. The second-order valence-electron chi connectivity index (χ2n) is 3.41. The van der Waals surface area contributed by atoms with Gasteiger partial charge in [0.05, 0.1) is 14.2 Å². The van der Waals surface area contributed by atoms with Gasteiger partial charge in [-0.3, -0.25) is 5.10 Å². The van der Waals surface area contributed by atoms with E-state index in [2.05, 4.69) is 15.2 Å². The number of hydrogen-bond donors (Lipinski definition) is 2. The first-order valence-electron chi connectivity index (χ1n) is 5.03. The third-order valence-electron chi connectivity index (χ3n) is 2.30. The van der Waals surface area contributed by atoms with Gasteiger partial charge in [-0.25, -0.2) is 9.78 Å². The van der Waals surface area contributed by atoms with Crippen LogP contribution in [0, 0.1) is 0 Å². The summed E-state index contributed by atoms with van der Waals surface area (Å²) in [5.74, 6) is 0.0389. The van der Waals surface area contributed by atoms with Gasteiger partial charge in [0.1, 0.15) is 11.5 Å². The number of nitrogens with zero attached hydrogens (tertiary/aromatic N) is 2. The van der Waals surface area contributed by atoms with Crippen molar-refractivity contribution in [3.05, 3.63) is 24.0 Å². The summed E-state index contributed by atoms with van der Waals surface area (Å²) in [6, 6.07) is 5.09. The summed E-state index contributed by atoms with van der Waals surface area (Å²) in [7, 11) is 3.05. The van der Waals surface area contributed by atoms with Gasteiger partial charge in [0.15, 0.2) is 5.82 Å². The van der Waals surface area contributed by atoms with E-state index >= 15 is 0 Å². The highest BCUT2D eigenvalue weighted by molar-refractivity contribution is 5.83. The van der Waals surface area contributed by atoms with Crippen LogP contribution >= 0.6 is 0 Å². The maximum atomic E-state index is 10.7. The number of carboxylic acids is 1. The molecule has 7 nitrogen and oxygen atoms in total. The Bertz CT molecular complexity index is 557. The molecule has 0 aliphatic heterocycles. The van der Waals surface area contributed by atoms with Gasteiger partial charge in [-0.15, -0.1) is 0 Å². The van der Waals surface area contributed by atoms with Crippen molar-refractivity contribution >= 4 is 5.97 Å². The number of methoxy groups -OCH3 is 2. The van der Waals surface area contributed by atoms with E-state index in [1.165, 1.54) is 14.2 Å². The Hall–Kier alpha value is -2.57. The second-order valence-corrected chi connectivity index (χ2v) is 3.41. The van der Waals surface area contributed by atoms with Crippen LogP contribution in [0.5, 0.6) is 11.5 Å². The first kappa shape index (κ1) is 11.9. The molecule has 0 fully saturated rings. The summed E-state index contributed by atoms with van der Waals surface area (Å²) in [6.07, 6.45) is 0. The molecule has 0 radical (unpaired) electrons. The van der Waals surface area contributed by atoms with E-state index in [4.69, 9.17) is 14.6 Å². The van der Waals surface area contributed by atoms with Crippen molar-refractivity contribution in [1.82, 2.24) is 15.2 Å². The van der Waals surface area contributed by atoms with Crippen LogP contribution in [0.15, 0.2) is 18.2 Å². The molecular formula is C11H11N3O4. The van der Waals surface area contributed by atoms with Gasteiger partial charge < -0.3 is 14.6 Å². The summed E-state index contributed by atoms with van der Waals surface area (Å²) in [5, 5.41) is 14.9. The zero-order valence-corrected chi connectivity index (χ0v) is 9.80. The zero-order chi connectivity index (χ0) is 13.1. The topological polar surface area (TPSA) is 97.3 Å². The lowest BCUT2D eigenvalue weighted by atomic mass is 10.2. The Morgan fingerprint density at radius 3 is 2.28 bits per heavy atom. The molecule has 2 N–H and O–H groups in total. The number of nitrogens with one attached hydrogen (secondary N) is 1. The molecule has 2 rings (SSSR count). The number of carboxylic acid groups (broad SMARTS) is 1. The van der Waals surface area contributed by atoms with Crippen molar-refractivity contribution < 1.29 is 19.4 Å². The van der Waals surface area contributed by atoms with Crippen LogP contribution in [0.1, 0.15) is 10.6 Å². The van der Waals surface area contributed by atoms with Crippen LogP contribution in [-0.2, 0) is 0 Å². The molecule has 0 unspecified atom stereocenters. The van der Waals surface area contributed by atoms with Crippen LogP contribution in [0.25, 0.3) is 11.4 Å². The molecule has 94 valence electrons. The third-order valence-corrected chi connectivity index (χ3v) is 2.30. The average Bonchev–Trinajstić information content (AvgIpc) is 2.87. The number of aromatic nitrogens is 3. The number of carbonyl (C=O) groups is 1. The highest BCUT2D eigenvalue weighted by Crippen LogP contribution is 2.27. The van der Waals surface area contributed by atoms with Crippen LogP contribution in [0.3, 0.4) is 0 Å². The van der Waals surface area contributed by atoms with E-state index in [-0.39, 0.29) is 11.6 Å². The minimum absolute atomic E-state index is 0.216. The largest absolute Gasteiger partial charge is 0.497 e. The van der Waals surface area contributed by atoms with Crippen LogP contribution in [-0.4, -0.2) is 40.5 Å². The molecule has 0 saturated carbocycles. The minimum atomic E-state index is -1.16. The average molecular weight is 249 g/mol. The molecule has 1 aromatic carbocycles. The quantitative estimate of drug-likeness (QED) is 0.844. The van der Waals surface area contributed by atoms with Crippen molar-refractivity contribution in [2.75, 3.05) is 14.2 Å². The molecule has 0 spiro atoms. The van der Waals surface area contributed by atoms with Crippen LogP contribution in [0.2, 0.25) is 0 Å². The van der Waals surface area contributed by atoms with Gasteiger partial charge in [-0.1, -0.05) is 0 Å². The molecule has 0 atom stereocenters. The second kappa shape index (κ2) is 4.74. The molecule has 7 heteroatoms. The lowest BCUT2D eigenvalue weighted by molar-refractivity contribution is 0.0684. The maximum Gasteiger partial charge on any atom is 0.373 e. The Balaban J connectivity index is 2.45. The Morgan fingerprint density at radius 1 is 1.22 bits per heavy atom. The molecule has 2 aromatic rings. The molecule has 1 aromatic heterocycles. The van der Waals surface area contributed by atoms with Crippen molar-refractivity contribution in [3.63, 3.8) is 0 Å². The van der Waals surface area contributed by atoms with E-state index in [1.807, 2.05) is 0 Å². The van der Waals surface area contributed by atoms with E-state index in [0.717, 1.165) is 0 Å². The summed E-state index contributed by atoms with van der Waals surface area (Å²) in [6.45, 7) is 0. The molecule has 1 heterocycles.